The third kappa shape index (κ3) is 5.77. The first-order valence-corrected chi connectivity index (χ1v) is 9.47. The van der Waals surface area contributed by atoms with Crippen LogP contribution in [0.1, 0.15) is 17.5 Å². The molecule has 0 atom stereocenters. The lowest BCUT2D eigenvalue weighted by Gasteiger charge is -2.32. The molecule has 0 saturated carbocycles. The van der Waals surface area contributed by atoms with E-state index in [0.717, 1.165) is 56.7 Å². The van der Waals surface area contributed by atoms with Gasteiger partial charge in [0.1, 0.15) is 6.61 Å². The van der Waals surface area contributed by atoms with E-state index in [4.69, 9.17) is 4.74 Å². The number of hydrogen-bond donors (Lipinski definition) is 0. The summed E-state index contributed by atoms with van der Waals surface area (Å²) in [6.07, 6.45) is 1.84. The highest BCUT2D eigenvalue weighted by atomic mass is 16.6. The van der Waals surface area contributed by atoms with Crippen molar-refractivity contribution in [2.45, 2.75) is 19.4 Å². The van der Waals surface area contributed by atoms with Crippen LogP contribution in [0, 0.1) is 10.1 Å². The van der Waals surface area contributed by atoms with E-state index in [1.807, 2.05) is 36.4 Å². The molecular formula is C21H27N3O3. The van der Waals surface area contributed by atoms with Crippen LogP contribution < -0.4 is 4.74 Å². The fourth-order valence-corrected chi connectivity index (χ4v) is 3.30. The molecular weight excluding hydrogens is 342 g/mol. The minimum atomic E-state index is -0.357. The summed E-state index contributed by atoms with van der Waals surface area (Å²) < 4.78 is 5.69. The lowest BCUT2D eigenvalue weighted by atomic mass is 10.1. The molecule has 1 aliphatic heterocycles. The van der Waals surface area contributed by atoms with Gasteiger partial charge in [-0.2, -0.15) is 0 Å². The van der Waals surface area contributed by atoms with E-state index in [9.17, 15) is 10.1 Å². The zero-order valence-corrected chi connectivity index (χ0v) is 15.8. The van der Waals surface area contributed by atoms with Crippen molar-refractivity contribution in [3.63, 3.8) is 0 Å². The normalized spacial score (nSPS) is 15.6. The van der Waals surface area contributed by atoms with Crippen LogP contribution >= 0.6 is 0 Å². The molecule has 0 bridgehead atoms. The zero-order chi connectivity index (χ0) is 19.1. The van der Waals surface area contributed by atoms with E-state index in [1.54, 1.807) is 12.1 Å². The van der Waals surface area contributed by atoms with Gasteiger partial charge in [0.05, 0.1) is 4.92 Å². The van der Waals surface area contributed by atoms with Crippen LogP contribution in [0.2, 0.25) is 0 Å². The molecule has 0 unspecified atom stereocenters. The fourth-order valence-electron chi connectivity index (χ4n) is 3.30. The summed E-state index contributed by atoms with van der Waals surface area (Å²) in [7, 11) is 2.15. The second kappa shape index (κ2) is 9.48. The second-order valence-electron chi connectivity index (χ2n) is 7.08. The van der Waals surface area contributed by atoms with Crippen LogP contribution in [0.15, 0.2) is 48.5 Å². The Morgan fingerprint density at radius 3 is 2.48 bits per heavy atom. The van der Waals surface area contributed by atoms with Gasteiger partial charge in [0.2, 0.25) is 0 Å². The molecule has 3 rings (SSSR count). The Morgan fingerprint density at radius 1 is 1.04 bits per heavy atom. The number of piperazine rings is 1. The third-order valence-corrected chi connectivity index (χ3v) is 4.99. The quantitative estimate of drug-likeness (QED) is 0.527. The Morgan fingerprint density at radius 2 is 1.78 bits per heavy atom. The molecule has 6 nitrogen and oxygen atoms in total. The Hall–Kier alpha value is -2.44. The number of nitro benzene ring substituents is 1. The van der Waals surface area contributed by atoms with Gasteiger partial charge in [-0.15, -0.1) is 0 Å². The van der Waals surface area contributed by atoms with Gasteiger partial charge in [-0.25, -0.2) is 0 Å². The molecule has 1 fully saturated rings. The number of rotatable bonds is 8. The summed E-state index contributed by atoms with van der Waals surface area (Å²) in [4.78, 5) is 15.9. The first kappa shape index (κ1) is 19.3. The van der Waals surface area contributed by atoms with Crippen molar-refractivity contribution in [1.29, 1.82) is 0 Å². The summed E-state index contributed by atoms with van der Waals surface area (Å²) in [6, 6.07) is 15.0. The van der Waals surface area contributed by atoms with Crippen molar-refractivity contribution in [2.75, 3.05) is 39.8 Å². The standard InChI is InChI=1S/C21H27N3O3/c1-22-12-14-23(15-13-22)11-5-8-18-9-10-21(20(16-18)24(25)26)27-17-19-6-3-2-4-7-19/h2-4,6-7,9-10,16H,5,8,11-15,17H2,1H3. The van der Waals surface area contributed by atoms with Crippen LogP contribution in [0.4, 0.5) is 5.69 Å². The summed E-state index contributed by atoms with van der Waals surface area (Å²) >= 11 is 0. The molecule has 1 heterocycles. The van der Waals surface area contributed by atoms with Crippen molar-refractivity contribution in [1.82, 2.24) is 9.80 Å². The Kier molecular flexibility index (Phi) is 6.79. The maximum Gasteiger partial charge on any atom is 0.311 e. The number of aryl methyl sites for hydroxylation is 1. The molecule has 6 heteroatoms. The van der Waals surface area contributed by atoms with Crippen molar-refractivity contribution in [3.8, 4) is 5.75 Å². The monoisotopic (exact) mass is 369 g/mol. The van der Waals surface area contributed by atoms with E-state index >= 15 is 0 Å². The molecule has 0 aliphatic carbocycles. The van der Waals surface area contributed by atoms with E-state index in [0.29, 0.717) is 12.4 Å². The maximum absolute atomic E-state index is 11.4. The highest BCUT2D eigenvalue weighted by Crippen LogP contribution is 2.29. The molecule has 1 saturated heterocycles. The van der Waals surface area contributed by atoms with E-state index in [-0.39, 0.29) is 10.6 Å². The molecule has 144 valence electrons. The highest BCUT2D eigenvalue weighted by Gasteiger charge is 2.17. The number of nitro groups is 1. The van der Waals surface area contributed by atoms with Crippen molar-refractivity contribution >= 4 is 5.69 Å². The lowest BCUT2D eigenvalue weighted by Crippen LogP contribution is -2.44. The average Bonchev–Trinajstić information content (AvgIpc) is 2.69. The zero-order valence-electron chi connectivity index (χ0n) is 15.8. The molecule has 1 aliphatic rings. The first-order valence-electron chi connectivity index (χ1n) is 9.47. The van der Waals surface area contributed by atoms with Crippen LogP contribution in [-0.2, 0) is 13.0 Å². The fraction of sp³-hybridized carbons (Fsp3) is 0.429. The van der Waals surface area contributed by atoms with Crippen molar-refractivity contribution in [2.24, 2.45) is 0 Å². The van der Waals surface area contributed by atoms with Gasteiger partial charge in [0.25, 0.3) is 0 Å². The Bertz CT molecular complexity index is 744. The molecule has 0 spiro atoms. The molecule has 27 heavy (non-hydrogen) atoms. The smallest absolute Gasteiger partial charge is 0.311 e. The first-order chi connectivity index (χ1) is 13.1. The van der Waals surface area contributed by atoms with Crippen molar-refractivity contribution < 1.29 is 9.66 Å². The summed E-state index contributed by atoms with van der Waals surface area (Å²) in [5.74, 6) is 0.326. The van der Waals surface area contributed by atoms with E-state index in [1.165, 1.54) is 0 Å². The minimum absolute atomic E-state index is 0.0445. The number of benzene rings is 2. The number of likely N-dealkylation sites (N-methyl/N-ethyl adjacent to an activating group) is 1. The van der Waals surface area contributed by atoms with E-state index < -0.39 is 0 Å². The summed E-state index contributed by atoms with van der Waals surface area (Å²) in [6.45, 7) is 5.78. The van der Waals surface area contributed by atoms with Gasteiger partial charge >= 0.3 is 5.69 Å². The Balaban J connectivity index is 1.55. The lowest BCUT2D eigenvalue weighted by molar-refractivity contribution is -0.386. The highest BCUT2D eigenvalue weighted by molar-refractivity contribution is 5.48. The van der Waals surface area contributed by atoms with E-state index in [2.05, 4.69) is 16.8 Å². The van der Waals surface area contributed by atoms with Gasteiger partial charge in [0.15, 0.2) is 5.75 Å². The second-order valence-corrected chi connectivity index (χ2v) is 7.08. The van der Waals surface area contributed by atoms with Gasteiger partial charge < -0.3 is 14.5 Å². The topological polar surface area (TPSA) is 58.8 Å². The molecule has 0 amide bonds. The van der Waals surface area contributed by atoms with Crippen LogP contribution in [-0.4, -0.2) is 54.5 Å². The molecule has 2 aromatic carbocycles. The number of hydrogen-bond acceptors (Lipinski definition) is 5. The SMILES string of the molecule is CN1CCN(CCCc2ccc(OCc3ccccc3)c([N+](=O)[O-])c2)CC1. The molecule has 0 aromatic heterocycles. The number of ether oxygens (including phenoxy) is 1. The Labute approximate surface area is 160 Å². The molecule has 0 N–H and O–H groups in total. The minimum Gasteiger partial charge on any atom is -0.482 e. The number of nitrogens with zero attached hydrogens (tertiary/aromatic N) is 3. The van der Waals surface area contributed by atoms with Crippen molar-refractivity contribution in [3.05, 3.63) is 69.8 Å². The van der Waals surface area contributed by atoms with Crippen LogP contribution in [0.5, 0.6) is 5.75 Å². The largest absolute Gasteiger partial charge is 0.482 e. The van der Waals surface area contributed by atoms with Crippen LogP contribution in [0.25, 0.3) is 0 Å². The predicted molar refractivity (Wildman–Crippen MR) is 106 cm³/mol. The summed E-state index contributed by atoms with van der Waals surface area (Å²) in [5, 5.41) is 11.4. The van der Waals surface area contributed by atoms with Crippen LogP contribution in [0.3, 0.4) is 0 Å². The van der Waals surface area contributed by atoms with Gasteiger partial charge in [-0.1, -0.05) is 36.4 Å². The average molecular weight is 369 g/mol. The van der Waals surface area contributed by atoms with Gasteiger partial charge in [-0.3, -0.25) is 10.1 Å². The maximum atomic E-state index is 11.4. The van der Waals surface area contributed by atoms with Gasteiger partial charge in [-0.05, 0) is 43.6 Å². The molecule has 0 radical (unpaired) electrons. The van der Waals surface area contributed by atoms with Gasteiger partial charge in [0, 0.05) is 32.2 Å². The molecule has 2 aromatic rings. The summed E-state index contributed by atoms with van der Waals surface area (Å²) in [5.41, 5.74) is 2.02. The third-order valence-electron chi connectivity index (χ3n) is 4.99. The predicted octanol–water partition coefficient (Wildman–Crippen LogP) is 3.35.